The smallest absolute Gasteiger partial charge is 0.128 e. The molecule has 2 aromatic rings. The molecule has 0 spiro atoms. The van der Waals surface area contributed by atoms with Crippen molar-refractivity contribution in [1.82, 2.24) is 10.4 Å². The Kier molecular flexibility index (Phi) is 4.29. The number of nitrogens with zero attached hydrogens (tertiary/aromatic N) is 1. The summed E-state index contributed by atoms with van der Waals surface area (Å²) in [5.74, 6) is 5.14. The Morgan fingerprint density at radius 1 is 1.33 bits per heavy atom. The number of nitrogens with two attached hydrogens (primary N) is 1. The van der Waals surface area contributed by atoms with Crippen molar-refractivity contribution in [2.45, 2.75) is 6.04 Å². The molecule has 0 aliphatic rings. The molecule has 3 nitrogen and oxygen atoms in total. The molecular formula is C12H10BrClFN3. The van der Waals surface area contributed by atoms with Crippen LogP contribution in [0.1, 0.15) is 17.3 Å². The van der Waals surface area contributed by atoms with Crippen LogP contribution in [0.2, 0.25) is 5.02 Å². The first-order valence-corrected chi connectivity index (χ1v) is 6.31. The van der Waals surface area contributed by atoms with Crippen LogP contribution in [0.15, 0.2) is 41.0 Å². The van der Waals surface area contributed by atoms with E-state index in [1.165, 1.54) is 12.3 Å². The first-order valence-electron chi connectivity index (χ1n) is 5.14. The summed E-state index contributed by atoms with van der Waals surface area (Å²) in [7, 11) is 0. The van der Waals surface area contributed by atoms with Gasteiger partial charge in [-0.15, -0.1) is 0 Å². The number of hydrogen-bond donors (Lipinski definition) is 2. The molecule has 1 atom stereocenters. The van der Waals surface area contributed by atoms with Gasteiger partial charge >= 0.3 is 0 Å². The third kappa shape index (κ3) is 2.87. The third-order valence-electron chi connectivity index (χ3n) is 2.48. The largest absolute Gasteiger partial charge is 0.271 e. The number of hydrazine groups is 1. The molecule has 1 unspecified atom stereocenters. The van der Waals surface area contributed by atoms with Crippen LogP contribution in [-0.4, -0.2) is 4.98 Å². The fraction of sp³-hybridized carbons (Fsp3) is 0.0833. The first-order chi connectivity index (χ1) is 8.61. The molecule has 18 heavy (non-hydrogen) atoms. The lowest BCUT2D eigenvalue weighted by molar-refractivity contribution is 0.552. The van der Waals surface area contributed by atoms with Gasteiger partial charge in [0.25, 0.3) is 0 Å². The molecule has 94 valence electrons. The molecule has 0 saturated heterocycles. The molecule has 3 N–H and O–H groups in total. The van der Waals surface area contributed by atoms with Gasteiger partial charge in [0.15, 0.2) is 0 Å². The highest BCUT2D eigenvalue weighted by Crippen LogP contribution is 2.26. The lowest BCUT2D eigenvalue weighted by atomic mass is 10.0. The van der Waals surface area contributed by atoms with Crippen molar-refractivity contribution in [3.8, 4) is 0 Å². The molecule has 6 heteroatoms. The van der Waals surface area contributed by atoms with Gasteiger partial charge in [-0.3, -0.25) is 10.8 Å². The van der Waals surface area contributed by atoms with E-state index < -0.39 is 6.04 Å². The average molecular weight is 331 g/mol. The summed E-state index contributed by atoms with van der Waals surface area (Å²) in [6.45, 7) is 0. The SMILES string of the molecule is NNC(c1ccc(Cl)cn1)c1cc(Br)ccc1F. The molecule has 1 aromatic carbocycles. The maximum Gasteiger partial charge on any atom is 0.128 e. The van der Waals surface area contributed by atoms with Gasteiger partial charge in [0.2, 0.25) is 0 Å². The van der Waals surface area contributed by atoms with Crippen LogP contribution in [0.25, 0.3) is 0 Å². The second kappa shape index (κ2) is 5.75. The van der Waals surface area contributed by atoms with E-state index in [0.29, 0.717) is 16.3 Å². The lowest BCUT2D eigenvalue weighted by Crippen LogP contribution is -2.30. The van der Waals surface area contributed by atoms with Crippen LogP contribution >= 0.6 is 27.5 Å². The van der Waals surface area contributed by atoms with E-state index >= 15 is 0 Å². The Labute approximate surface area is 117 Å². The normalized spacial score (nSPS) is 12.4. The predicted molar refractivity (Wildman–Crippen MR) is 72.5 cm³/mol. The van der Waals surface area contributed by atoms with Crippen LogP contribution < -0.4 is 11.3 Å². The van der Waals surface area contributed by atoms with Crippen molar-refractivity contribution < 1.29 is 4.39 Å². The van der Waals surface area contributed by atoms with Crippen molar-refractivity contribution in [2.75, 3.05) is 0 Å². The van der Waals surface area contributed by atoms with Gasteiger partial charge in [0.05, 0.1) is 16.8 Å². The number of benzene rings is 1. The van der Waals surface area contributed by atoms with E-state index in [4.69, 9.17) is 17.4 Å². The number of halogens is 3. The fourth-order valence-electron chi connectivity index (χ4n) is 1.63. The number of pyridine rings is 1. The van der Waals surface area contributed by atoms with E-state index in [9.17, 15) is 4.39 Å². The third-order valence-corrected chi connectivity index (χ3v) is 3.20. The zero-order valence-corrected chi connectivity index (χ0v) is 11.5. The van der Waals surface area contributed by atoms with Gasteiger partial charge in [-0.05, 0) is 30.3 Å². The molecule has 0 bridgehead atoms. The quantitative estimate of drug-likeness (QED) is 0.671. The lowest BCUT2D eigenvalue weighted by Gasteiger charge is -2.16. The monoisotopic (exact) mass is 329 g/mol. The van der Waals surface area contributed by atoms with Gasteiger partial charge < -0.3 is 0 Å². The highest BCUT2D eigenvalue weighted by Gasteiger charge is 2.18. The van der Waals surface area contributed by atoms with Gasteiger partial charge in [-0.1, -0.05) is 27.5 Å². The Hall–Kier alpha value is -1.01. The summed E-state index contributed by atoms with van der Waals surface area (Å²) in [5.41, 5.74) is 3.57. The first kappa shape index (κ1) is 13.4. The summed E-state index contributed by atoms with van der Waals surface area (Å²) in [6.07, 6.45) is 1.50. The number of rotatable bonds is 3. The van der Waals surface area contributed by atoms with E-state index in [1.54, 1.807) is 24.3 Å². The van der Waals surface area contributed by atoms with Gasteiger partial charge in [0.1, 0.15) is 5.82 Å². The maximum absolute atomic E-state index is 13.8. The second-order valence-electron chi connectivity index (χ2n) is 3.67. The number of hydrogen-bond acceptors (Lipinski definition) is 3. The Bertz CT molecular complexity index is 548. The molecule has 0 radical (unpaired) electrons. The summed E-state index contributed by atoms with van der Waals surface area (Å²) >= 11 is 9.07. The number of nitrogens with one attached hydrogen (secondary N) is 1. The van der Waals surface area contributed by atoms with Crippen LogP contribution in [0.5, 0.6) is 0 Å². The minimum atomic E-state index is -0.528. The zero-order chi connectivity index (χ0) is 13.1. The van der Waals surface area contributed by atoms with E-state index in [1.807, 2.05) is 0 Å². The van der Waals surface area contributed by atoms with Gasteiger partial charge in [-0.2, -0.15) is 0 Å². The van der Waals surface area contributed by atoms with Crippen molar-refractivity contribution in [3.63, 3.8) is 0 Å². The Morgan fingerprint density at radius 3 is 2.72 bits per heavy atom. The van der Waals surface area contributed by atoms with Crippen molar-refractivity contribution in [1.29, 1.82) is 0 Å². The van der Waals surface area contributed by atoms with Crippen LogP contribution in [0.3, 0.4) is 0 Å². The Morgan fingerprint density at radius 2 is 2.11 bits per heavy atom. The van der Waals surface area contributed by atoms with Crippen LogP contribution in [0.4, 0.5) is 4.39 Å². The van der Waals surface area contributed by atoms with Gasteiger partial charge in [0, 0.05) is 16.2 Å². The van der Waals surface area contributed by atoms with Crippen molar-refractivity contribution in [3.05, 3.63) is 63.1 Å². The molecule has 0 saturated carbocycles. The van der Waals surface area contributed by atoms with Gasteiger partial charge in [-0.25, -0.2) is 9.82 Å². The molecule has 1 heterocycles. The zero-order valence-electron chi connectivity index (χ0n) is 9.20. The van der Waals surface area contributed by atoms with Crippen molar-refractivity contribution >= 4 is 27.5 Å². The van der Waals surface area contributed by atoms with Crippen LogP contribution in [0, 0.1) is 5.82 Å². The Balaban J connectivity index is 2.44. The molecule has 1 aromatic heterocycles. The summed E-state index contributed by atoms with van der Waals surface area (Å²) in [5, 5.41) is 0.518. The summed E-state index contributed by atoms with van der Waals surface area (Å²) in [4.78, 5) is 4.14. The van der Waals surface area contributed by atoms with E-state index in [2.05, 4.69) is 26.3 Å². The fourth-order valence-corrected chi connectivity index (χ4v) is 2.12. The second-order valence-corrected chi connectivity index (χ2v) is 5.02. The molecule has 2 rings (SSSR count). The highest BCUT2D eigenvalue weighted by molar-refractivity contribution is 9.10. The predicted octanol–water partition coefficient (Wildman–Crippen LogP) is 3.19. The molecule has 0 amide bonds. The minimum absolute atomic E-state index is 0.349. The van der Waals surface area contributed by atoms with Crippen LogP contribution in [-0.2, 0) is 0 Å². The summed E-state index contributed by atoms with van der Waals surface area (Å²) in [6, 6.07) is 7.52. The van der Waals surface area contributed by atoms with E-state index in [0.717, 1.165) is 4.47 Å². The molecule has 0 aliphatic carbocycles. The topological polar surface area (TPSA) is 50.9 Å². The number of aromatic nitrogens is 1. The molecule has 0 aliphatic heterocycles. The molecular weight excluding hydrogens is 321 g/mol. The van der Waals surface area contributed by atoms with Crippen molar-refractivity contribution in [2.24, 2.45) is 5.84 Å². The molecule has 0 fully saturated rings. The standard InChI is InChI=1S/C12H10BrClFN3/c13-7-1-3-10(15)9(5-7)12(18-16)11-4-2-8(14)6-17-11/h1-6,12,18H,16H2. The summed E-state index contributed by atoms with van der Waals surface area (Å²) < 4.78 is 14.6. The average Bonchev–Trinajstić information content (AvgIpc) is 2.37. The minimum Gasteiger partial charge on any atom is -0.271 e. The maximum atomic E-state index is 13.8. The highest BCUT2D eigenvalue weighted by atomic mass is 79.9. The van der Waals surface area contributed by atoms with E-state index in [-0.39, 0.29) is 5.82 Å².